The Morgan fingerprint density at radius 2 is 1.57 bits per heavy atom. The molecule has 2 aromatic carbocycles. The molecule has 2 heterocycles. The van der Waals surface area contributed by atoms with Gasteiger partial charge in [-0.15, -0.1) is 0 Å². The van der Waals surface area contributed by atoms with Gasteiger partial charge in [-0.25, -0.2) is 4.98 Å². The molecule has 30 heavy (non-hydrogen) atoms. The molecule has 2 aromatic heterocycles. The molecular formula is C27H26N2O. The minimum atomic E-state index is 0.134. The zero-order valence-electron chi connectivity index (χ0n) is 17.1. The lowest BCUT2D eigenvalue weighted by Crippen LogP contribution is -2.23. The van der Waals surface area contributed by atoms with E-state index < -0.39 is 0 Å². The molecule has 2 aliphatic carbocycles. The molecular weight excluding hydrogens is 368 g/mol. The molecule has 0 aliphatic heterocycles. The molecule has 0 spiro atoms. The van der Waals surface area contributed by atoms with Crippen LogP contribution in [0.5, 0.6) is 0 Å². The first kappa shape index (κ1) is 17.9. The van der Waals surface area contributed by atoms with Crippen molar-refractivity contribution in [2.45, 2.75) is 50.4 Å². The second kappa shape index (κ2) is 7.09. The third kappa shape index (κ3) is 2.96. The van der Waals surface area contributed by atoms with Crippen molar-refractivity contribution in [3.8, 4) is 0 Å². The van der Waals surface area contributed by atoms with Gasteiger partial charge in [0.1, 0.15) is 0 Å². The van der Waals surface area contributed by atoms with Crippen LogP contribution < -0.4 is 0 Å². The van der Waals surface area contributed by atoms with E-state index in [1.54, 1.807) is 6.33 Å². The summed E-state index contributed by atoms with van der Waals surface area (Å²) in [4.78, 5) is 18.0. The summed E-state index contributed by atoms with van der Waals surface area (Å²) < 4.78 is 2.00. The Kier molecular flexibility index (Phi) is 4.22. The molecule has 0 atom stereocenters. The van der Waals surface area contributed by atoms with Gasteiger partial charge in [-0.2, -0.15) is 0 Å². The van der Waals surface area contributed by atoms with E-state index in [2.05, 4.69) is 59.7 Å². The summed E-state index contributed by atoms with van der Waals surface area (Å²) in [5.74, 6) is 1.60. The lowest BCUT2D eigenvalue weighted by atomic mass is 9.74. The maximum absolute atomic E-state index is 13.7. The first-order chi connectivity index (χ1) is 14.8. The van der Waals surface area contributed by atoms with Crippen LogP contribution in [0.15, 0.2) is 67.3 Å². The van der Waals surface area contributed by atoms with Crippen molar-refractivity contribution in [2.24, 2.45) is 5.92 Å². The van der Waals surface area contributed by atoms with Crippen molar-refractivity contribution < 1.29 is 4.79 Å². The van der Waals surface area contributed by atoms with Gasteiger partial charge in [-0.1, -0.05) is 42.5 Å². The number of fused-ring (bicyclic) bond motifs is 2. The largest absolute Gasteiger partial charge is 0.306 e. The highest BCUT2D eigenvalue weighted by atomic mass is 16.1. The number of hydrogen-bond acceptors (Lipinski definition) is 2. The Hall–Kier alpha value is -2.94. The number of hydrogen-bond donors (Lipinski definition) is 0. The maximum atomic E-state index is 13.7. The number of ketones is 1. The molecule has 0 N–H and O–H groups in total. The second-order valence-corrected chi connectivity index (χ2v) is 9.09. The summed E-state index contributed by atoms with van der Waals surface area (Å²) in [6, 6.07) is 17.5. The number of nitrogens with zero attached hydrogens (tertiary/aromatic N) is 2. The van der Waals surface area contributed by atoms with Gasteiger partial charge < -0.3 is 4.40 Å². The van der Waals surface area contributed by atoms with Crippen LogP contribution in [0.3, 0.4) is 0 Å². The molecule has 3 nitrogen and oxygen atoms in total. The highest BCUT2D eigenvalue weighted by Crippen LogP contribution is 2.45. The van der Waals surface area contributed by atoms with E-state index in [0.29, 0.717) is 17.6 Å². The van der Waals surface area contributed by atoms with Crippen LogP contribution in [-0.2, 0) is 0 Å². The summed E-state index contributed by atoms with van der Waals surface area (Å²) in [5, 5.41) is 2.68. The Balaban J connectivity index is 1.27. The predicted molar refractivity (Wildman–Crippen MR) is 120 cm³/mol. The van der Waals surface area contributed by atoms with Crippen LogP contribution >= 0.6 is 0 Å². The van der Waals surface area contributed by atoms with Gasteiger partial charge in [0.25, 0.3) is 0 Å². The van der Waals surface area contributed by atoms with E-state index in [1.807, 2.05) is 10.6 Å². The highest BCUT2D eigenvalue weighted by Gasteiger charge is 2.34. The molecule has 0 amide bonds. The summed E-state index contributed by atoms with van der Waals surface area (Å²) >= 11 is 0. The minimum absolute atomic E-state index is 0.134. The van der Waals surface area contributed by atoms with Crippen molar-refractivity contribution in [2.75, 3.05) is 0 Å². The fraction of sp³-hybridized carbons (Fsp3) is 0.333. The number of imidazole rings is 1. The SMILES string of the molecule is O=C(c1c(C2CC2)ccn2cncc12)C1CCC(c2cccc3ccccc23)CC1. The van der Waals surface area contributed by atoms with Crippen molar-refractivity contribution >= 4 is 22.1 Å². The molecule has 0 unspecified atom stereocenters. The van der Waals surface area contributed by atoms with Crippen LogP contribution in [0.4, 0.5) is 0 Å². The minimum Gasteiger partial charge on any atom is -0.306 e. The van der Waals surface area contributed by atoms with E-state index in [0.717, 1.165) is 36.8 Å². The molecule has 2 saturated carbocycles. The average Bonchev–Trinajstić information content (AvgIpc) is 3.54. The Morgan fingerprint density at radius 3 is 2.40 bits per heavy atom. The number of carbonyl (C=O) groups excluding carboxylic acids is 1. The zero-order valence-corrected chi connectivity index (χ0v) is 17.1. The standard InChI is InChI=1S/C27H26N2O/c30-27(26-24(20-8-9-20)14-15-29-17-28-16-25(26)29)21-12-10-19(11-13-21)23-7-3-5-18-4-1-2-6-22(18)23/h1-7,14-17,19-21H,8-13H2. The molecule has 2 aliphatic rings. The monoisotopic (exact) mass is 394 g/mol. The molecule has 0 bridgehead atoms. The van der Waals surface area contributed by atoms with Crippen LogP contribution in [0, 0.1) is 5.92 Å². The summed E-state index contributed by atoms with van der Waals surface area (Å²) in [6.07, 6.45) is 12.3. The number of Topliss-reactive ketones (excluding diaryl/α,β-unsaturated/α-hetero) is 1. The number of benzene rings is 2. The third-order valence-corrected chi connectivity index (χ3v) is 7.25. The van der Waals surface area contributed by atoms with E-state index in [4.69, 9.17) is 0 Å². The molecule has 0 saturated heterocycles. The summed E-state index contributed by atoms with van der Waals surface area (Å²) in [7, 11) is 0. The van der Waals surface area contributed by atoms with E-state index in [-0.39, 0.29) is 5.92 Å². The maximum Gasteiger partial charge on any atom is 0.168 e. The lowest BCUT2D eigenvalue weighted by molar-refractivity contribution is 0.0884. The van der Waals surface area contributed by atoms with Crippen molar-refractivity contribution in [1.29, 1.82) is 0 Å². The van der Waals surface area contributed by atoms with Gasteiger partial charge in [0, 0.05) is 17.7 Å². The fourth-order valence-electron chi connectivity index (χ4n) is 5.49. The first-order valence-electron chi connectivity index (χ1n) is 11.3. The zero-order chi connectivity index (χ0) is 20.1. The van der Waals surface area contributed by atoms with Gasteiger partial charge in [0.15, 0.2) is 5.78 Å². The Labute approximate surface area is 176 Å². The average molecular weight is 395 g/mol. The smallest absolute Gasteiger partial charge is 0.168 e. The topological polar surface area (TPSA) is 34.4 Å². The van der Waals surface area contributed by atoms with Crippen molar-refractivity contribution in [1.82, 2.24) is 9.38 Å². The second-order valence-electron chi connectivity index (χ2n) is 9.09. The number of pyridine rings is 1. The highest BCUT2D eigenvalue weighted by molar-refractivity contribution is 6.05. The van der Waals surface area contributed by atoms with Crippen LogP contribution in [-0.4, -0.2) is 15.2 Å². The van der Waals surface area contributed by atoms with E-state index in [9.17, 15) is 4.79 Å². The quantitative estimate of drug-likeness (QED) is 0.369. The molecule has 0 radical (unpaired) electrons. The molecule has 6 rings (SSSR count). The summed E-state index contributed by atoms with van der Waals surface area (Å²) in [5.41, 5.74) is 4.64. The van der Waals surface area contributed by atoms with Gasteiger partial charge >= 0.3 is 0 Å². The van der Waals surface area contributed by atoms with Gasteiger partial charge in [0.2, 0.25) is 0 Å². The normalized spacial score (nSPS) is 21.9. The molecule has 3 heteroatoms. The lowest BCUT2D eigenvalue weighted by Gasteiger charge is -2.29. The predicted octanol–water partition coefficient (Wildman–Crippen LogP) is 6.52. The van der Waals surface area contributed by atoms with Gasteiger partial charge in [0.05, 0.1) is 18.0 Å². The Morgan fingerprint density at radius 1 is 0.833 bits per heavy atom. The van der Waals surface area contributed by atoms with Crippen molar-refractivity contribution in [3.63, 3.8) is 0 Å². The van der Waals surface area contributed by atoms with Gasteiger partial charge in [-0.05, 0) is 78.3 Å². The Bertz CT molecular complexity index is 1240. The fourth-order valence-corrected chi connectivity index (χ4v) is 5.49. The first-order valence-corrected chi connectivity index (χ1v) is 11.3. The van der Waals surface area contributed by atoms with Crippen LogP contribution in [0.2, 0.25) is 0 Å². The van der Waals surface area contributed by atoms with Gasteiger partial charge in [-0.3, -0.25) is 4.79 Å². The number of aromatic nitrogens is 2. The molecule has 4 aromatic rings. The third-order valence-electron chi connectivity index (χ3n) is 7.25. The van der Waals surface area contributed by atoms with E-state index >= 15 is 0 Å². The molecule has 150 valence electrons. The van der Waals surface area contributed by atoms with Crippen molar-refractivity contribution in [3.05, 3.63) is 83.9 Å². The summed E-state index contributed by atoms with van der Waals surface area (Å²) in [6.45, 7) is 0. The molecule has 2 fully saturated rings. The number of rotatable bonds is 4. The van der Waals surface area contributed by atoms with Crippen LogP contribution in [0.25, 0.3) is 16.3 Å². The van der Waals surface area contributed by atoms with E-state index in [1.165, 1.54) is 34.7 Å². The van der Waals surface area contributed by atoms with Crippen LogP contribution in [0.1, 0.15) is 71.8 Å². The number of carbonyl (C=O) groups is 1.